The first kappa shape index (κ1) is 10.9. The lowest BCUT2D eigenvalue weighted by atomic mass is 10.0. The second kappa shape index (κ2) is 4.95. The molecule has 0 radical (unpaired) electrons. The molecule has 0 aromatic carbocycles. The Hall–Kier alpha value is -1.60. The maximum atomic E-state index is 8.94. The van der Waals surface area contributed by atoms with Crippen molar-refractivity contribution >= 4 is 5.69 Å². The van der Waals surface area contributed by atoms with Crippen molar-refractivity contribution in [2.45, 2.75) is 31.8 Å². The Morgan fingerprint density at radius 3 is 3.25 bits per heavy atom. The van der Waals surface area contributed by atoms with E-state index in [-0.39, 0.29) is 0 Å². The summed E-state index contributed by atoms with van der Waals surface area (Å²) in [7, 11) is 0. The molecule has 1 saturated heterocycles. The van der Waals surface area contributed by atoms with Gasteiger partial charge in [0.2, 0.25) is 0 Å². The van der Waals surface area contributed by atoms with Gasteiger partial charge < -0.3 is 10.6 Å². The third kappa shape index (κ3) is 2.50. The van der Waals surface area contributed by atoms with Crippen LogP contribution in [0, 0.1) is 11.3 Å². The number of hydrogen-bond donors (Lipinski definition) is 2. The van der Waals surface area contributed by atoms with E-state index in [0.29, 0.717) is 17.8 Å². The molecule has 1 aliphatic heterocycles. The van der Waals surface area contributed by atoms with Crippen molar-refractivity contribution in [3.8, 4) is 6.07 Å². The van der Waals surface area contributed by atoms with Crippen LogP contribution in [0.2, 0.25) is 0 Å². The van der Waals surface area contributed by atoms with Crippen LogP contribution in [0.15, 0.2) is 18.3 Å². The van der Waals surface area contributed by atoms with Gasteiger partial charge in [-0.15, -0.1) is 0 Å². The van der Waals surface area contributed by atoms with Gasteiger partial charge in [0.05, 0.1) is 5.69 Å². The fourth-order valence-electron chi connectivity index (χ4n) is 2.09. The zero-order valence-electron chi connectivity index (χ0n) is 9.40. The highest BCUT2D eigenvalue weighted by atomic mass is 15.0. The van der Waals surface area contributed by atoms with Crippen LogP contribution < -0.4 is 10.6 Å². The third-order valence-corrected chi connectivity index (χ3v) is 2.90. The van der Waals surface area contributed by atoms with E-state index in [0.717, 1.165) is 25.1 Å². The highest BCUT2D eigenvalue weighted by Crippen LogP contribution is 2.17. The smallest absolute Gasteiger partial charge is 0.163 e. The number of pyridine rings is 1. The number of piperidine rings is 1. The summed E-state index contributed by atoms with van der Waals surface area (Å²) in [5.41, 5.74) is 1.33. The highest BCUT2D eigenvalue weighted by Gasteiger charge is 2.18. The molecule has 16 heavy (non-hydrogen) atoms. The predicted octanol–water partition coefficient (Wildman–Crippen LogP) is 1.51. The minimum atomic E-state index is 0.438. The Kier molecular flexibility index (Phi) is 3.37. The summed E-state index contributed by atoms with van der Waals surface area (Å²) in [6.07, 6.45) is 3.82. The van der Waals surface area contributed by atoms with Crippen molar-refractivity contribution < 1.29 is 0 Å². The van der Waals surface area contributed by atoms with Crippen molar-refractivity contribution in [1.29, 1.82) is 5.26 Å². The number of rotatable bonds is 2. The van der Waals surface area contributed by atoms with Crippen molar-refractivity contribution in [2.24, 2.45) is 0 Å². The molecule has 2 heterocycles. The van der Waals surface area contributed by atoms with E-state index < -0.39 is 0 Å². The lowest BCUT2D eigenvalue weighted by Gasteiger charge is -2.29. The molecular weight excluding hydrogens is 200 g/mol. The Balaban J connectivity index is 2.06. The van der Waals surface area contributed by atoms with Gasteiger partial charge in [-0.2, -0.15) is 5.26 Å². The molecule has 84 valence electrons. The highest BCUT2D eigenvalue weighted by molar-refractivity contribution is 5.53. The Morgan fingerprint density at radius 2 is 2.50 bits per heavy atom. The zero-order valence-corrected chi connectivity index (χ0v) is 9.40. The Morgan fingerprint density at radius 1 is 1.62 bits per heavy atom. The molecule has 2 unspecified atom stereocenters. The monoisotopic (exact) mass is 216 g/mol. The molecule has 2 N–H and O–H groups in total. The van der Waals surface area contributed by atoms with E-state index in [9.17, 15) is 0 Å². The fraction of sp³-hybridized carbons (Fsp3) is 0.500. The maximum Gasteiger partial charge on any atom is 0.163 e. The predicted molar refractivity (Wildman–Crippen MR) is 63.1 cm³/mol. The molecule has 1 fully saturated rings. The van der Waals surface area contributed by atoms with Crippen LogP contribution in [0.3, 0.4) is 0 Å². The number of anilines is 1. The van der Waals surface area contributed by atoms with Gasteiger partial charge in [0.15, 0.2) is 5.69 Å². The summed E-state index contributed by atoms with van der Waals surface area (Å²) in [6, 6.07) is 6.85. The molecule has 2 atom stereocenters. The van der Waals surface area contributed by atoms with E-state index in [2.05, 4.69) is 28.6 Å². The van der Waals surface area contributed by atoms with Crippen LogP contribution in [-0.2, 0) is 0 Å². The third-order valence-electron chi connectivity index (χ3n) is 2.90. The van der Waals surface area contributed by atoms with Gasteiger partial charge in [-0.25, -0.2) is 4.98 Å². The first-order chi connectivity index (χ1) is 7.79. The zero-order chi connectivity index (χ0) is 11.4. The molecular formula is C12H16N4. The van der Waals surface area contributed by atoms with Crippen LogP contribution in [-0.4, -0.2) is 23.6 Å². The lowest BCUT2D eigenvalue weighted by Crippen LogP contribution is -2.41. The number of nitrogens with one attached hydrogen (secondary N) is 2. The molecule has 2 rings (SSSR count). The SMILES string of the molecule is CC1CC(Nc2cccnc2C#N)CCN1. The quantitative estimate of drug-likeness (QED) is 0.786. The Bertz CT molecular complexity index is 396. The van der Waals surface area contributed by atoms with Crippen molar-refractivity contribution in [1.82, 2.24) is 10.3 Å². The van der Waals surface area contributed by atoms with E-state index in [1.165, 1.54) is 0 Å². The van der Waals surface area contributed by atoms with Crippen molar-refractivity contribution in [2.75, 3.05) is 11.9 Å². The molecule has 0 aliphatic carbocycles. The number of nitriles is 1. The summed E-state index contributed by atoms with van der Waals surface area (Å²) >= 11 is 0. The average molecular weight is 216 g/mol. The van der Waals surface area contributed by atoms with E-state index in [4.69, 9.17) is 5.26 Å². The molecule has 0 spiro atoms. The van der Waals surface area contributed by atoms with Crippen LogP contribution in [0.25, 0.3) is 0 Å². The minimum absolute atomic E-state index is 0.438. The summed E-state index contributed by atoms with van der Waals surface area (Å²) in [6.45, 7) is 3.21. The van der Waals surface area contributed by atoms with Crippen molar-refractivity contribution in [3.05, 3.63) is 24.0 Å². The molecule has 1 aromatic rings. The first-order valence-electron chi connectivity index (χ1n) is 5.64. The first-order valence-corrected chi connectivity index (χ1v) is 5.64. The fourth-order valence-corrected chi connectivity index (χ4v) is 2.09. The summed E-state index contributed by atoms with van der Waals surface area (Å²) in [5, 5.41) is 15.7. The standard InChI is InChI=1S/C12H16N4/c1-9-7-10(4-6-14-9)16-11-3-2-5-15-12(11)8-13/h2-3,5,9-10,14,16H,4,6-7H2,1H3. The average Bonchev–Trinajstić information content (AvgIpc) is 2.30. The van der Waals surface area contributed by atoms with Gasteiger partial charge >= 0.3 is 0 Å². The van der Waals surface area contributed by atoms with E-state index in [1.54, 1.807) is 6.20 Å². The lowest BCUT2D eigenvalue weighted by molar-refractivity contribution is 0.396. The van der Waals surface area contributed by atoms with E-state index >= 15 is 0 Å². The van der Waals surface area contributed by atoms with Gasteiger partial charge in [-0.3, -0.25) is 0 Å². The molecule has 1 aromatic heterocycles. The Labute approximate surface area is 95.7 Å². The molecule has 4 nitrogen and oxygen atoms in total. The minimum Gasteiger partial charge on any atom is -0.380 e. The normalized spacial score (nSPS) is 24.8. The molecule has 0 amide bonds. The van der Waals surface area contributed by atoms with Gasteiger partial charge in [0.25, 0.3) is 0 Å². The topological polar surface area (TPSA) is 60.7 Å². The second-order valence-corrected chi connectivity index (χ2v) is 4.23. The van der Waals surface area contributed by atoms with Gasteiger partial charge in [0.1, 0.15) is 6.07 Å². The molecule has 4 heteroatoms. The van der Waals surface area contributed by atoms with Crippen LogP contribution in [0.4, 0.5) is 5.69 Å². The van der Waals surface area contributed by atoms with E-state index in [1.807, 2.05) is 12.1 Å². The van der Waals surface area contributed by atoms with Crippen molar-refractivity contribution in [3.63, 3.8) is 0 Å². The molecule has 0 saturated carbocycles. The van der Waals surface area contributed by atoms with Gasteiger partial charge in [0, 0.05) is 18.3 Å². The number of nitrogens with zero attached hydrogens (tertiary/aromatic N) is 2. The maximum absolute atomic E-state index is 8.94. The van der Waals surface area contributed by atoms with Crippen LogP contribution >= 0.6 is 0 Å². The van der Waals surface area contributed by atoms with Gasteiger partial charge in [-0.1, -0.05) is 0 Å². The van der Waals surface area contributed by atoms with Crippen LogP contribution in [0.1, 0.15) is 25.5 Å². The largest absolute Gasteiger partial charge is 0.380 e. The summed E-state index contributed by atoms with van der Waals surface area (Å²) < 4.78 is 0. The van der Waals surface area contributed by atoms with Gasteiger partial charge in [-0.05, 0) is 38.4 Å². The summed E-state index contributed by atoms with van der Waals surface area (Å²) in [5.74, 6) is 0. The summed E-state index contributed by atoms with van der Waals surface area (Å²) in [4.78, 5) is 4.04. The second-order valence-electron chi connectivity index (χ2n) is 4.23. The van der Waals surface area contributed by atoms with Crippen LogP contribution in [0.5, 0.6) is 0 Å². The number of hydrogen-bond acceptors (Lipinski definition) is 4. The molecule has 1 aliphatic rings. The number of aromatic nitrogens is 1. The molecule has 0 bridgehead atoms.